The molecule has 3 N–H and O–H groups in total. The van der Waals surface area contributed by atoms with E-state index in [4.69, 9.17) is 9.47 Å². The number of ether oxygens (including phenoxy) is 2. The second-order valence-corrected chi connectivity index (χ2v) is 10.0. The Morgan fingerprint density at radius 1 is 0.634 bits per heavy atom. The van der Waals surface area contributed by atoms with Gasteiger partial charge in [-0.25, -0.2) is 0 Å². The van der Waals surface area contributed by atoms with E-state index in [1.807, 2.05) is 54.6 Å². The summed E-state index contributed by atoms with van der Waals surface area (Å²) in [6, 6.07) is 31.5. The highest BCUT2D eigenvalue weighted by Crippen LogP contribution is 2.58. The first-order valence-corrected chi connectivity index (χ1v) is 13.2. The summed E-state index contributed by atoms with van der Waals surface area (Å²) in [5, 5.41) is 30.8. The minimum absolute atomic E-state index is 0.155. The summed E-state index contributed by atoms with van der Waals surface area (Å²) in [7, 11) is 3.30. The van der Waals surface area contributed by atoms with Crippen LogP contribution in [0.4, 0.5) is 0 Å². The molecular formula is C36H28O5. The predicted molar refractivity (Wildman–Crippen MR) is 158 cm³/mol. The van der Waals surface area contributed by atoms with Crippen LogP contribution in [0.15, 0.2) is 103 Å². The maximum absolute atomic E-state index is 10.8. The van der Waals surface area contributed by atoms with Crippen LogP contribution in [0.2, 0.25) is 0 Å². The molecule has 1 aliphatic rings. The van der Waals surface area contributed by atoms with Gasteiger partial charge in [0.25, 0.3) is 0 Å². The van der Waals surface area contributed by atoms with E-state index < -0.39 is 5.41 Å². The Balaban J connectivity index is 1.76. The van der Waals surface area contributed by atoms with Crippen molar-refractivity contribution in [3.63, 3.8) is 0 Å². The summed E-state index contributed by atoms with van der Waals surface area (Å²) < 4.78 is 11.1. The normalized spacial score (nSPS) is 15.0. The highest BCUT2D eigenvalue weighted by molar-refractivity contribution is 5.89. The number of phenolic OH excluding ortho intramolecular Hbond substituents is 3. The number of phenols is 3. The zero-order chi connectivity index (χ0) is 28.6. The third-order valence-corrected chi connectivity index (χ3v) is 7.69. The lowest BCUT2D eigenvalue weighted by molar-refractivity contribution is 0.184. The van der Waals surface area contributed by atoms with E-state index in [9.17, 15) is 15.3 Å². The zero-order valence-corrected chi connectivity index (χ0v) is 22.7. The summed E-state index contributed by atoms with van der Waals surface area (Å²) in [6.45, 7) is 0.350. The molecule has 0 fully saturated rings. The minimum atomic E-state index is -0.883. The molecule has 5 aromatic carbocycles. The van der Waals surface area contributed by atoms with Crippen molar-refractivity contribution in [2.75, 3.05) is 14.2 Å². The van der Waals surface area contributed by atoms with Crippen molar-refractivity contribution in [2.45, 2.75) is 12.0 Å². The monoisotopic (exact) mass is 540 g/mol. The highest BCUT2D eigenvalue weighted by Gasteiger charge is 2.48. The van der Waals surface area contributed by atoms with Gasteiger partial charge in [-0.2, -0.15) is 0 Å². The van der Waals surface area contributed by atoms with Gasteiger partial charge in [0.05, 0.1) is 19.1 Å². The molecule has 6 rings (SSSR count). The zero-order valence-electron chi connectivity index (χ0n) is 22.7. The average Bonchev–Trinajstić information content (AvgIpc) is 3.28. The number of fused-ring (bicyclic) bond motifs is 3. The van der Waals surface area contributed by atoms with E-state index in [1.165, 1.54) is 0 Å². The maximum atomic E-state index is 10.8. The van der Waals surface area contributed by atoms with Gasteiger partial charge < -0.3 is 24.8 Å². The van der Waals surface area contributed by atoms with Crippen molar-refractivity contribution in [2.24, 2.45) is 0 Å². The standard InChI is InChI=1S/C36H28O5/c1-40-22-24-6-19-33-32-20-15-29(39)21-34(32)36(25-7-13-28(38)14-8-25,26-9-16-30(41-2)17-10-26)35(33)31(24)18-5-23-3-11-27(37)12-4-23/h3-4,6-17,19-21,37-39H,22H2,1-2H3. The first-order valence-electron chi connectivity index (χ1n) is 13.2. The molecule has 0 amide bonds. The van der Waals surface area contributed by atoms with Crippen LogP contribution in [-0.2, 0) is 16.8 Å². The molecule has 0 aliphatic heterocycles. The van der Waals surface area contributed by atoms with Crippen LogP contribution in [0.5, 0.6) is 23.0 Å². The van der Waals surface area contributed by atoms with Crippen LogP contribution >= 0.6 is 0 Å². The molecule has 0 saturated carbocycles. The Hall–Kier alpha value is -5.18. The molecule has 0 heterocycles. The summed E-state index contributed by atoms with van der Waals surface area (Å²) >= 11 is 0. The summed E-state index contributed by atoms with van der Waals surface area (Å²) in [5.74, 6) is 7.98. The molecule has 5 aromatic rings. The van der Waals surface area contributed by atoms with E-state index in [-0.39, 0.29) is 17.2 Å². The number of rotatable bonds is 5. The second kappa shape index (κ2) is 10.4. The van der Waals surface area contributed by atoms with Crippen LogP contribution in [0.3, 0.4) is 0 Å². The van der Waals surface area contributed by atoms with Gasteiger partial charge in [0.1, 0.15) is 23.0 Å². The van der Waals surface area contributed by atoms with E-state index in [0.717, 1.165) is 55.8 Å². The van der Waals surface area contributed by atoms with Crippen molar-refractivity contribution in [1.29, 1.82) is 0 Å². The van der Waals surface area contributed by atoms with Crippen molar-refractivity contribution >= 4 is 0 Å². The molecule has 41 heavy (non-hydrogen) atoms. The Bertz CT molecular complexity index is 1790. The van der Waals surface area contributed by atoms with Crippen LogP contribution in [-0.4, -0.2) is 29.5 Å². The fraction of sp³-hybridized carbons (Fsp3) is 0.111. The SMILES string of the molecule is COCc1ccc2c(c1C#Cc1ccc(O)cc1)C(c1ccc(O)cc1)(c1ccc(OC)cc1)c1cc(O)ccc1-2. The Morgan fingerprint density at radius 3 is 1.85 bits per heavy atom. The van der Waals surface area contributed by atoms with Gasteiger partial charge in [-0.05, 0) is 99.6 Å². The molecule has 1 unspecified atom stereocenters. The lowest BCUT2D eigenvalue weighted by Gasteiger charge is -2.35. The number of methoxy groups -OCH3 is 2. The lowest BCUT2D eigenvalue weighted by Crippen LogP contribution is -2.30. The molecule has 0 saturated heterocycles. The van der Waals surface area contributed by atoms with Gasteiger partial charge in [-0.3, -0.25) is 0 Å². The minimum Gasteiger partial charge on any atom is -0.508 e. The van der Waals surface area contributed by atoms with E-state index in [0.29, 0.717) is 6.61 Å². The van der Waals surface area contributed by atoms with E-state index in [2.05, 4.69) is 17.9 Å². The number of benzene rings is 5. The lowest BCUT2D eigenvalue weighted by atomic mass is 9.66. The van der Waals surface area contributed by atoms with Crippen molar-refractivity contribution in [3.8, 4) is 46.0 Å². The largest absolute Gasteiger partial charge is 0.508 e. The van der Waals surface area contributed by atoms with Gasteiger partial charge >= 0.3 is 0 Å². The quantitative estimate of drug-likeness (QED) is 0.212. The van der Waals surface area contributed by atoms with E-state index >= 15 is 0 Å². The van der Waals surface area contributed by atoms with Gasteiger partial charge in [-0.1, -0.05) is 54.3 Å². The van der Waals surface area contributed by atoms with Crippen LogP contribution in [0.1, 0.15) is 38.9 Å². The molecular weight excluding hydrogens is 512 g/mol. The first-order chi connectivity index (χ1) is 19.9. The average molecular weight is 541 g/mol. The van der Waals surface area contributed by atoms with Gasteiger partial charge in [-0.15, -0.1) is 0 Å². The van der Waals surface area contributed by atoms with Gasteiger partial charge in [0.2, 0.25) is 0 Å². The van der Waals surface area contributed by atoms with Crippen molar-refractivity contribution < 1.29 is 24.8 Å². The predicted octanol–water partition coefficient (Wildman–Crippen LogP) is 6.72. The molecule has 0 bridgehead atoms. The second-order valence-electron chi connectivity index (χ2n) is 10.0. The smallest absolute Gasteiger partial charge is 0.118 e. The maximum Gasteiger partial charge on any atom is 0.118 e. The van der Waals surface area contributed by atoms with Crippen molar-refractivity contribution in [1.82, 2.24) is 0 Å². The van der Waals surface area contributed by atoms with Gasteiger partial charge in [0.15, 0.2) is 0 Å². The summed E-state index contributed by atoms with van der Waals surface area (Å²) in [5.41, 5.74) is 7.34. The third-order valence-electron chi connectivity index (χ3n) is 7.69. The van der Waals surface area contributed by atoms with Crippen LogP contribution in [0, 0.1) is 11.8 Å². The molecule has 0 radical (unpaired) electrons. The summed E-state index contributed by atoms with van der Waals surface area (Å²) in [4.78, 5) is 0. The molecule has 5 nitrogen and oxygen atoms in total. The molecule has 0 spiro atoms. The number of aromatic hydroxyl groups is 3. The first kappa shape index (κ1) is 26.1. The molecule has 1 atom stereocenters. The molecule has 0 aromatic heterocycles. The van der Waals surface area contributed by atoms with Crippen molar-refractivity contribution in [3.05, 3.63) is 142 Å². The Labute approximate surface area is 238 Å². The highest BCUT2D eigenvalue weighted by atomic mass is 16.5. The number of hydrogen-bond donors (Lipinski definition) is 3. The topological polar surface area (TPSA) is 79.2 Å². The van der Waals surface area contributed by atoms with Crippen LogP contribution in [0.25, 0.3) is 11.1 Å². The fourth-order valence-electron chi connectivity index (χ4n) is 5.89. The molecule has 5 heteroatoms. The fourth-order valence-corrected chi connectivity index (χ4v) is 5.89. The number of hydrogen-bond acceptors (Lipinski definition) is 5. The third kappa shape index (κ3) is 4.35. The Morgan fingerprint density at radius 2 is 1.22 bits per heavy atom. The van der Waals surface area contributed by atoms with Gasteiger partial charge in [0, 0.05) is 18.2 Å². The van der Waals surface area contributed by atoms with Crippen LogP contribution < -0.4 is 4.74 Å². The Kier molecular flexibility index (Phi) is 6.62. The van der Waals surface area contributed by atoms with E-state index in [1.54, 1.807) is 56.7 Å². The summed E-state index contributed by atoms with van der Waals surface area (Å²) in [6.07, 6.45) is 0. The molecule has 1 aliphatic carbocycles. The molecule has 202 valence electrons.